The zero-order valence-electron chi connectivity index (χ0n) is 10.7. The van der Waals surface area contributed by atoms with Crippen LogP contribution in [0.4, 0.5) is 17.2 Å². The van der Waals surface area contributed by atoms with Gasteiger partial charge in [-0.05, 0) is 30.3 Å². The van der Waals surface area contributed by atoms with Crippen molar-refractivity contribution < 1.29 is 4.92 Å². The maximum absolute atomic E-state index is 10.9. The molecule has 0 atom stereocenters. The van der Waals surface area contributed by atoms with Crippen LogP contribution in [-0.4, -0.2) is 14.9 Å². The topological polar surface area (TPSA) is 81.0 Å². The van der Waals surface area contributed by atoms with Crippen LogP contribution in [0.15, 0.2) is 48.8 Å². The fraction of sp³-hybridized carbons (Fsp3) is 0. The van der Waals surface area contributed by atoms with Crippen LogP contribution in [0.25, 0.3) is 10.9 Å². The molecule has 0 fully saturated rings. The highest BCUT2D eigenvalue weighted by molar-refractivity contribution is 6.30. The molecule has 0 saturated carbocycles. The number of nitro groups is 1. The van der Waals surface area contributed by atoms with Crippen molar-refractivity contribution in [2.45, 2.75) is 0 Å². The molecule has 2 aromatic carbocycles. The molecule has 3 rings (SSSR count). The number of rotatable bonds is 3. The first-order chi connectivity index (χ1) is 10.1. The molecule has 0 aliphatic heterocycles. The van der Waals surface area contributed by atoms with Gasteiger partial charge >= 0.3 is 0 Å². The van der Waals surface area contributed by atoms with Gasteiger partial charge in [0.25, 0.3) is 5.69 Å². The predicted octanol–water partition coefficient (Wildman–Crippen LogP) is 3.94. The third-order valence-corrected chi connectivity index (χ3v) is 3.19. The maximum atomic E-state index is 10.9. The lowest BCUT2D eigenvalue weighted by molar-refractivity contribution is -0.384. The van der Waals surface area contributed by atoms with Crippen molar-refractivity contribution in [2.75, 3.05) is 5.32 Å². The highest BCUT2D eigenvalue weighted by Gasteiger charge is 2.10. The van der Waals surface area contributed by atoms with E-state index < -0.39 is 4.92 Å². The van der Waals surface area contributed by atoms with Gasteiger partial charge in [0.05, 0.1) is 10.4 Å². The smallest absolute Gasteiger partial charge is 0.270 e. The minimum absolute atomic E-state index is 0.00328. The average Bonchev–Trinajstić information content (AvgIpc) is 2.49. The zero-order valence-corrected chi connectivity index (χ0v) is 11.4. The Bertz CT molecular complexity index is 821. The number of benzene rings is 2. The minimum atomic E-state index is -0.446. The highest BCUT2D eigenvalue weighted by Crippen LogP contribution is 2.26. The normalized spacial score (nSPS) is 10.5. The van der Waals surface area contributed by atoms with Crippen LogP contribution in [0.3, 0.4) is 0 Å². The van der Waals surface area contributed by atoms with Gasteiger partial charge in [-0.25, -0.2) is 9.97 Å². The van der Waals surface area contributed by atoms with Crippen LogP contribution >= 0.6 is 11.6 Å². The molecular weight excluding hydrogens is 292 g/mol. The number of nitrogens with one attached hydrogen (secondary N) is 1. The number of fused-ring (bicyclic) bond motifs is 1. The van der Waals surface area contributed by atoms with Crippen LogP contribution in [-0.2, 0) is 0 Å². The van der Waals surface area contributed by atoms with Crippen LogP contribution in [0.5, 0.6) is 0 Å². The van der Waals surface area contributed by atoms with Crippen LogP contribution in [0.2, 0.25) is 5.02 Å². The Morgan fingerprint density at radius 2 is 1.86 bits per heavy atom. The predicted molar refractivity (Wildman–Crippen MR) is 80.9 cm³/mol. The van der Waals surface area contributed by atoms with Crippen LogP contribution in [0, 0.1) is 10.1 Å². The molecule has 1 aromatic heterocycles. The first-order valence-corrected chi connectivity index (χ1v) is 6.43. The molecule has 0 aliphatic rings. The van der Waals surface area contributed by atoms with Gasteiger partial charge in [0.1, 0.15) is 12.1 Å². The van der Waals surface area contributed by atoms with Gasteiger partial charge in [-0.3, -0.25) is 10.1 Å². The number of hydrogen-bond donors (Lipinski definition) is 1. The summed E-state index contributed by atoms with van der Waals surface area (Å²) < 4.78 is 0. The van der Waals surface area contributed by atoms with Crippen molar-refractivity contribution in [1.29, 1.82) is 0 Å². The standard InChI is InChI=1S/C14H9ClN4O2/c15-9-1-3-10(4-2-9)18-14-12-7-11(19(20)21)5-6-13(12)16-8-17-14/h1-8H,(H,16,17,18). The maximum Gasteiger partial charge on any atom is 0.270 e. The van der Waals surface area contributed by atoms with E-state index in [1.54, 1.807) is 30.3 Å². The van der Waals surface area contributed by atoms with Gasteiger partial charge in [0.2, 0.25) is 0 Å². The number of anilines is 2. The van der Waals surface area contributed by atoms with E-state index >= 15 is 0 Å². The largest absolute Gasteiger partial charge is 0.340 e. The third kappa shape index (κ3) is 2.75. The molecule has 0 bridgehead atoms. The van der Waals surface area contributed by atoms with E-state index in [9.17, 15) is 10.1 Å². The number of nitro benzene ring substituents is 1. The molecule has 21 heavy (non-hydrogen) atoms. The van der Waals surface area contributed by atoms with E-state index in [1.807, 2.05) is 0 Å². The Balaban J connectivity index is 2.06. The second-order valence-corrected chi connectivity index (χ2v) is 4.75. The van der Waals surface area contributed by atoms with E-state index in [0.717, 1.165) is 5.69 Å². The Morgan fingerprint density at radius 1 is 1.10 bits per heavy atom. The quantitative estimate of drug-likeness (QED) is 0.585. The summed E-state index contributed by atoms with van der Waals surface area (Å²) >= 11 is 5.84. The molecular formula is C14H9ClN4O2. The fourth-order valence-electron chi connectivity index (χ4n) is 1.93. The first-order valence-electron chi connectivity index (χ1n) is 6.05. The summed E-state index contributed by atoms with van der Waals surface area (Å²) in [6, 6.07) is 11.6. The molecule has 1 heterocycles. The van der Waals surface area contributed by atoms with Crippen LogP contribution in [0.1, 0.15) is 0 Å². The second-order valence-electron chi connectivity index (χ2n) is 4.31. The monoisotopic (exact) mass is 300 g/mol. The van der Waals surface area contributed by atoms with Crippen molar-refractivity contribution in [3.63, 3.8) is 0 Å². The molecule has 0 amide bonds. The van der Waals surface area contributed by atoms with Gasteiger partial charge in [-0.2, -0.15) is 0 Å². The summed E-state index contributed by atoms with van der Waals surface area (Å²) in [6.45, 7) is 0. The molecule has 0 unspecified atom stereocenters. The molecule has 6 nitrogen and oxygen atoms in total. The van der Waals surface area contributed by atoms with Gasteiger partial charge in [-0.1, -0.05) is 11.6 Å². The Hall–Kier alpha value is -2.73. The van der Waals surface area contributed by atoms with E-state index in [0.29, 0.717) is 21.7 Å². The van der Waals surface area contributed by atoms with E-state index in [1.165, 1.54) is 18.5 Å². The van der Waals surface area contributed by atoms with Gasteiger partial charge in [0, 0.05) is 28.2 Å². The van der Waals surface area contributed by atoms with Gasteiger partial charge < -0.3 is 5.32 Å². The highest BCUT2D eigenvalue weighted by atomic mass is 35.5. The number of halogens is 1. The number of nitrogens with zero attached hydrogens (tertiary/aromatic N) is 3. The lowest BCUT2D eigenvalue weighted by atomic mass is 10.2. The lowest BCUT2D eigenvalue weighted by Gasteiger charge is -2.08. The Labute approximate surface area is 124 Å². The van der Waals surface area contributed by atoms with E-state index in [-0.39, 0.29) is 5.69 Å². The minimum Gasteiger partial charge on any atom is -0.340 e. The van der Waals surface area contributed by atoms with Crippen molar-refractivity contribution in [3.8, 4) is 0 Å². The lowest BCUT2D eigenvalue weighted by Crippen LogP contribution is -1.97. The Kier molecular flexibility index (Phi) is 3.37. The van der Waals surface area contributed by atoms with Crippen molar-refractivity contribution >= 4 is 39.7 Å². The van der Waals surface area contributed by atoms with Crippen LogP contribution < -0.4 is 5.32 Å². The molecule has 104 valence electrons. The molecule has 0 aliphatic carbocycles. The number of non-ortho nitro benzene ring substituents is 1. The summed E-state index contributed by atoms with van der Waals surface area (Å²) in [6.07, 6.45) is 1.41. The van der Waals surface area contributed by atoms with E-state index in [2.05, 4.69) is 15.3 Å². The second kappa shape index (κ2) is 5.34. The van der Waals surface area contributed by atoms with Crippen molar-refractivity contribution in [1.82, 2.24) is 9.97 Å². The van der Waals surface area contributed by atoms with Crippen molar-refractivity contribution in [2.24, 2.45) is 0 Å². The third-order valence-electron chi connectivity index (χ3n) is 2.94. The average molecular weight is 301 g/mol. The molecule has 0 radical (unpaired) electrons. The number of hydrogen-bond acceptors (Lipinski definition) is 5. The summed E-state index contributed by atoms with van der Waals surface area (Å²) in [5.74, 6) is 0.506. The molecule has 0 saturated heterocycles. The first kappa shape index (κ1) is 13.3. The molecule has 1 N–H and O–H groups in total. The van der Waals surface area contributed by atoms with Gasteiger partial charge in [-0.15, -0.1) is 0 Å². The summed E-state index contributed by atoms with van der Waals surface area (Å²) in [5, 5.41) is 15.2. The molecule has 0 spiro atoms. The summed E-state index contributed by atoms with van der Waals surface area (Å²) in [4.78, 5) is 18.7. The fourth-order valence-corrected chi connectivity index (χ4v) is 2.05. The summed E-state index contributed by atoms with van der Waals surface area (Å²) in [7, 11) is 0. The molecule has 7 heteroatoms. The van der Waals surface area contributed by atoms with E-state index in [4.69, 9.17) is 11.6 Å². The summed E-state index contributed by atoms with van der Waals surface area (Å²) in [5.41, 5.74) is 1.41. The SMILES string of the molecule is O=[N+]([O-])c1ccc2ncnc(Nc3ccc(Cl)cc3)c2c1. The van der Waals surface area contributed by atoms with Crippen molar-refractivity contribution in [3.05, 3.63) is 63.9 Å². The number of aromatic nitrogens is 2. The zero-order chi connectivity index (χ0) is 14.8. The molecule has 3 aromatic rings. The van der Waals surface area contributed by atoms with Gasteiger partial charge in [0.15, 0.2) is 0 Å². The Morgan fingerprint density at radius 3 is 2.57 bits per heavy atom.